The molecule has 3 aliphatic carbocycles. The maximum absolute atomic E-state index is 2.51. The average molecular weight is 122 g/mol. The van der Waals surface area contributed by atoms with E-state index in [0.717, 1.165) is 5.41 Å². The average Bonchev–Trinajstić information content (AvgIpc) is 2.20. The van der Waals surface area contributed by atoms with E-state index in [-0.39, 0.29) is 0 Å². The zero-order valence-corrected chi connectivity index (χ0v) is 6.06. The molecule has 50 valence electrons. The molecule has 3 rings (SSSR count). The fourth-order valence-electron chi connectivity index (χ4n) is 3.97. The summed E-state index contributed by atoms with van der Waals surface area (Å²) < 4.78 is 0. The van der Waals surface area contributed by atoms with Crippen LogP contribution in [0.2, 0.25) is 0 Å². The third-order valence-corrected chi connectivity index (χ3v) is 4.17. The van der Waals surface area contributed by atoms with Gasteiger partial charge in [-0.2, -0.15) is 0 Å². The van der Waals surface area contributed by atoms with Crippen molar-refractivity contribution in [2.45, 2.75) is 32.6 Å². The second-order valence-corrected chi connectivity index (χ2v) is 4.77. The van der Waals surface area contributed by atoms with E-state index >= 15 is 0 Å². The normalized spacial score (nSPS) is 68.3. The highest BCUT2D eigenvalue weighted by molar-refractivity contribution is 5.10. The van der Waals surface area contributed by atoms with Gasteiger partial charge >= 0.3 is 0 Å². The maximum Gasteiger partial charge on any atom is -0.0289 e. The molecule has 0 aliphatic heterocycles. The van der Waals surface area contributed by atoms with Gasteiger partial charge in [-0.05, 0) is 48.9 Å². The van der Waals surface area contributed by atoms with Gasteiger partial charge in [0.05, 0.1) is 0 Å². The van der Waals surface area contributed by atoms with Crippen molar-refractivity contribution in [1.82, 2.24) is 0 Å². The molecule has 4 atom stereocenters. The summed E-state index contributed by atoms with van der Waals surface area (Å²) in [6.07, 6.45) is 6.35. The van der Waals surface area contributed by atoms with E-state index in [1.54, 1.807) is 25.7 Å². The van der Waals surface area contributed by atoms with Crippen molar-refractivity contribution >= 4 is 0 Å². The van der Waals surface area contributed by atoms with Crippen molar-refractivity contribution in [2.24, 2.45) is 23.2 Å². The van der Waals surface area contributed by atoms with E-state index in [1.807, 2.05) is 0 Å². The number of hydrogen-bond acceptors (Lipinski definition) is 0. The van der Waals surface area contributed by atoms with Crippen molar-refractivity contribution in [2.75, 3.05) is 0 Å². The van der Waals surface area contributed by atoms with Crippen LogP contribution in [0.3, 0.4) is 0 Å². The zero-order valence-electron chi connectivity index (χ0n) is 6.06. The predicted molar refractivity (Wildman–Crippen MR) is 37.0 cm³/mol. The highest BCUT2D eigenvalue weighted by atomic mass is 14.7. The van der Waals surface area contributed by atoms with Crippen LogP contribution < -0.4 is 0 Å². The topological polar surface area (TPSA) is 0 Å². The Labute approximate surface area is 56.6 Å². The van der Waals surface area contributed by atoms with Gasteiger partial charge < -0.3 is 0 Å². The zero-order chi connectivity index (χ0) is 6.06. The Hall–Kier alpha value is 0. The molecule has 0 nitrogen and oxygen atoms in total. The molecule has 9 heavy (non-hydrogen) atoms. The van der Waals surface area contributed by atoms with Crippen LogP contribution in [0.15, 0.2) is 0 Å². The molecule has 0 spiro atoms. The summed E-state index contributed by atoms with van der Waals surface area (Å²) in [4.78, 5) is 0. The molecular formula is C9H14. The molecule has 0 heterocycles. The summed E-state index contributed by atoms with van der Waals surface area (Å²) in [7, 11) is 0. The van der Waals surface area contributed by atoms with Crippen molar-refractivity contribution in [3.8, 4) is 0 Å². The molecule has 0 N–H and O–H groups in total. The Morgan fingerprint density at radius 3 is 2.44 bits per heavy atom. The number of hydrogen-bond donors (Lipinski definition) is 0. The summed E-state index contributed by atoms with van der Waals surface area (Å²) in [5.74, 6) is 3.54. The maximum atomic E-state index is 2.51. The largest absolute Gasteiger partial charge is 0.0593 e. The van der Waals surface area contributed by atoms with Crippen LogP contribution in [0, 0.1) is 23.2 Å². The minimum Gasteiger partial charge on any atom is -0.0593 e. The van der Waals surface area contributed by atoms with Gasteiger partial charge in [-0.15, -0.1) is 0 Å². The van der Waals surface area contributed by atoms with Gasteiger partial charge in [-0.1, -0.05) is 6.92 Å². The first-order chi connectivity index (χ1) is 4.28. The molecule has 0 amide bonds. The smallest absolute Gasteiger partial charge is 0.0289 e. The SMILES string of the molecule is CC12CC3CC(C1)C2C3. The van der Waals surface area contributed by atoms with Crippen LogP contribution in [0.1, 0.15) is 32.6 Å². The molecule has 3 saturated carbocycles. The summed E-state index contributed by atoms with van der Waals surface area (Å²) in [5.41, 5.74) is 0.855. The minimum absolute atomic E-state index is 0.855. The van der Waals surface area contributed by atoms with Gasteiger partial charge in [-0.3, -0.25) is 0 Å². The molecule has 3 aliphatic rings. The van der Waals surface area contributed by atoms with E-state index in [1.165, 1.54) is 17.8 Å². The third-order valence-electron chi connectivity index (χ3n) is 4.17. The lowest BCUT2D eigenvalue weighted by Crippen LogP contribution is -2.43. The van der Waals surface area contributed by atoms with Crippen LogP contribution in [-0.4, -0.2) is 0 Å². The molecule has 0 aromatic heterocycles. The van der Waals surface area contributed by atoms with Crippen molar-refractivity contribution in [3.63, 3.8) is 0 Å². The monoisotopic (exact) mass is 122 g/mol. The first kappa shape index (κ1) is 4.76. The molecule has 0 radical (unpaired) electrons. The Morgan fingerprint density at radius 2 is 2.11 bits per heavy atom. The Bertz CT molecular complexity index is 159. The fraction of sp³-hybridized carbons (Fsp3) is 1.00. The standard InChI is InChI=1S/C9H14/c1-9-4-6-2-7(5-9)8(9)3-6/h6-8H,2-5H2,1H3. The van der Waals surface area contributed by atoms with Crippen LogP contribution in [0.25, 0.3) is 0 Å². The number of rotatable bonds is 0. The van der Waals surface area contributed by atoms with Gasteiger partial charge in [0.15, 0.2) is 0 Å². The molecule has 0 aromatic rings. The lowest BCUT2D eigenvalue weighted by Gasteiger charge is -2.51. The van der Waals surface area contributed by atoms with Gasteiger partial charge in [0, 0.05) is 0 Å². The van der Waals surface area contributed by atoms with Gasteiger partial charge in [0.25, 0.3) is 0 Å². The summed E-state index contributed by atoms with van der Waals surface area (Å²) in [5, 5.41) is 0. The van der Waals surface area contributed by atoms with E-state index in [9.17, 15) is 0 Å². The van der Waals surface area contributed by atoms with Crippen molar-refractivity contribution in [1.29, 1.82) is 0 Å². The van der Waals surface area contributed by atoms with Gasteiger partial charge in [-0.25, -0.2) is 0 Å². The lowest BCUT2D eigenvalue weighted by atomic mass is 9.54. The van der Waals surface area contributed by atoms with Crippen LogP contribution >= 0.6 is 0 Å². The molecule has 2 bridgehead atoms. The van der Waals surface area contributed by atoms with E-state index in [2.05, 4.69) is 6.92 Å². The highest BCUT2D eigenvalue weighted by Crippen LogP contribution is 2.70. The van der Waals surface area contributed by atoms with Crippen molar-refractivity contribution < 1.29 is 0 Å². The predicted octanol–water partition coefficient (Wildman–Crippen LogP) is 2.44. The van der Waals surface area contributed by atoms with Crippen LogP contribution in [-0.2, 0) is 0 Å². The molecule has 0 aromatic carbocycles. The molecular weight excluding hydrogens is 108 g/mol. The second-order valence-electron chi connectivity index (χ2n) is 4.77. The summed E-state index contributed by atoms with van der Waals surface area (Å²) in [6.45, 7) is 2.51. The van der Waals surface area contributed by atoms with Gasteiger partial charge in [0.1, 0.15) is 0 Å². The number of fused-ring (bicyclic) bond motifs is 1. The van der Waals surface area contributed by atoms with Crippen molar-refractivity contribution in [3.05, 3.63) is 0 Å². The van der Waals surface area contributed by atoms with Crippen LogP contribution in [0.5, 0.6) is 0 Å². The summed E-state index contributed by atoms with van der Waals surface area (Å²) in [6, 6.07) is 0. The minimum atomic E-state index is 0.855. The van der Waals surface area contributed by atoms with E-state index in [4.69, 9.17) is 0 Å². The van der Waals surface area contributed by atoms with Crippen LogP contribution in [0.4, 0.5) is 0 Å². The second kappa shape index (κ2) is 1.09. The Kier molecular flexibility index (Phi) is 0.574. The van der Waals surface area contributed by atoms with E-state index < -0.39 is 0 Å². The quantitative estimate of drug-likeness (QED) is 0.463. The first-order valence-electron chi connectivity index (χ1n) is 4.28. The first-order valence-corrected chi connectivity index (χ1v) is 4.28. The molecule has 0 heteroatoms. The highest BCUT2D eigenvalue weighted by Gasteiger charge is 2.61. The van der Waals surface area contributed by atoms with E-state index in [0.29, 0.717) is 0 Å². The third kappa shape index (κ3) is 0.367. The fourth-order valence-corrected chi connectivity index (χ4v) is 3.97. The Morgan fingerprint density at radius 1 is 1.22 bits per heavy atom. The lowest BCUT2D eigenvalue weighted by molar-refractivity contribution is -0.0174. The summed E-state index contributed by atoms with van der Waals surface area (Å²) >= 11 is 0. The Balaban J connectivity index is 2.04. The molecule has 4 unspecified atom stereocenters. The van der Waals surface area contributed by atoms with Gasteiger partial charge in [0.2, 0.25) is 0 Å². The molecule has 0 saturated heterocycles. The molecule has 3 fully saturated rings.